The Balaban J connectivity index is 1.68. The molecule has 0 saturated heterocycles. The summed E-state index contributed by atoms with van der Waals surface area (Å²) >= 11 is 0. The van der Waals surface area contributed by atoms with Gasteiger partial charge >= 0.3 is 0 Å². The molecule has 23 heavy (non-hydrogen) atoms. The van der Waals surface area contributed by atoms with E-state index in [1.807, 2.05) is 41.2 Å². The molecule has 0 bridgehead atoms. The maximum atomic E-state index is 4.60. The largest absolute Gasteiger partial charge is 0.305 e. The Hall–Kier alpha value is -3.35. The van der Waals surface area contributed by atoms with Gasteiger partial charge in [-0.25, -0.2) is 4.98 Å². The summed E-state index contributed by atoms with van der Waals surface area (Å²) in [7, 11) is 0. The van der Waals surface area contributed by atoms with Crippen molar-refractivity contribution in [1.82, 2.24) is 35.2 Å². The molecule has 0 amide bonds. The third kappa shape index (κ3) is 2.48. The summed E-state index contributed by atoms with van der Waals surface area (Å²) in [4.78, 5) is 8.66. The molecule has 0 aliphatic rings. The second kappa shape index (κ2) is 5.45. The van der Waals surface area contributed by atoms with E-state index in [1.54, 1.807) is 12.5 Å². The number of rotatable bonds is 3. The van der Waals surface area contributed by atoms with Crippen LogP contribution in [0.25, 0.3) is 28.3 Å². The highest BCUT2D eigenvalue weighted by atomic mass is 15.5. The lowest BCUT2D eigenvalue weighted by atomic mass is 10.0. The Kier molecular flexibility index (Phi) is 3.16. The molecule has 0 unspecified atom stereocenters. The lowest BCUT2D eigenvalue weighted by Crippen LogP contribution is -1.95. The Bertz CT molecular complexity index is 910. The van der Waals surface area contributed by atoms with Crippen molar-refractivity contribution in [1.29, 1.82) is 0 Å². The van der Waals surface area contributed by atoms with Crippen LogP contribution in [0.3, 0.4) is 0 Å². The smallest absolute Gasteiger partial charge is 0.204 e. The first-order valence-corrected chi connectivity index (χ1v) is 7.10. The molecule has 4 rings (SSSR count). The van der Waals surface area contributed by atoms with E-state index in [4.69, 9.17) is 0 Å². The summed E-state index contributed by atoms with van der Waals surface area (Å²) in [6.45, 7) is 2.05. The fourth-order valence-electron chi connectivity index (χ4n) is 2.48. The molecule has 112 valence electrons. The molecule has 0 radical (unpaired) electrons. The number of aromatic nitrogens is 7. The van der Waals surface area contributed by atoms with E-state index in [-0.39, 0.29) is 0 Å². The molecule has 1 aromatic carbocycles. The quantitative estimate of drug-likeness (QED) is 0.628. The van der Waals surface area contributed by atoms with Crippen molar-refractivity contribution in [2.45, 2.75) is 6.92 Å². The monoisotopic (exact) mass is 303 g/mol. The van der Waals surface area contributed by atoms with Crippen molar-refractivity contribution in [2.24, 2.45) is 0 Å². The van der Waals surface area contributed by atoms with E-state index < -0.39 is 0 Å². The van der Waals surface area contributed by atoms with Gasteiger partial charge in [-0.3, -0.25) is 4.98 Å². The molecule has 3 aromatic heterocycles. The Morgan fingerprint density at radius 1 is 1.09 bits per heavy atom. The van der Waals surface area contributed by atoms with Gasteiger partial charge in [-0.05, 0) is 23.8 Å². The van der Waals surface area contributed by atoms with Crippen LogP contribution in [0.2, 0.25) is 0 Å². The molecule has 7 heteroatoms. The van der Waals surface area contributed by atoms with E-state index in [2.05, 4.69) is 43.6 Å². The standard InChI is InChI=1S/C16H13N7/c1-11-8-14(23-7-6-17-10-23)9-18-15(11)12-2-4-13(5-3-12)16-19-21-22-20-16/h2-10H,1H3,(H,19,20,21,22). The van der Waals surface area contributed by atoms with Gasteiger partial charge < -0.3 is 4.57 Å². The predicted octanol–water partition coefficient (Wildman–Crippen LogP) is 2.42. The van der Waals surface area contributed by atoms with Crippen LogP contribution in [0.15, 0.2) is 55.2 Å². The molecule has 0 saturated carbocycles. The summed E-state index contributed by atoms with van der Waals surface area (Å²) in [5.74, 6) is 0.580. The average molecular weight is 303 g/mol. The molecule has 1 N–H and O–H groups in total. The van der Waals surface area contributed by atoms with Gasteiger partial charge in [-0.15, -0.1) is 10.2 Å². The molecule has 4 aromatic rings. The summed E-state index contributed by atoms with van der Waals surface area (Å²) in [5, 5.41) is 14.0. The lowest BCUT2D eigenvalue weighted by molar-refractivity contribution is 0.881. The van der Waals surface area contributed by atoms with Gasteiger partial charge in [0, 0.05) is 23.5 Å². The van der Waals surface area contributed by atoms with E-state index >= 15 is 0 Å². The minimum atomic E-state index is 0.580. The van der Waals surface area contributed by atoms with Crippen molar-refractivity contribution in [3.63, 3.8) is 0 Å². The third-order valence-electron chi connectivity index (χ3n) is 3.63. The van der Waals surface area contributed by atoms with E-state index in [0.29, 0.717) is 5.82 Å². The van der Waals surface area contributed by atoms with Crippen molar-refractivity contribution in [3.05, 3.63) is 60.8 Å². The molecule has 0 aliphatic heterocycles. The minimum Gasteiger partial charge on any atom is -0.305 e. The van der Waals surface area contributed by atoms with E-state index in [1.165, 1.54) is 0 Å². The van der Waals surface area contributed by atoms with Gasteiger partial charge in [0.15, 0.2) is 0 Å². The van der Waals surface area contributed by atoms with Gasteiger partial charge in [-0.1, -0.05) is 24.3 Å². The van der Waals surface area contributed by atoms with Crippen LogP contribution in [0.5, 0.6) is 0 Å². The Morgan fingerprint density at radius 3 is 2.57 bits per heavy atom. The van der Waals surface area contributed by atoms with Crippen LogP contribution in [-0.2, 0) is 0 Å². The number of hydrogen-bond donors (Lipinski definition) is 1. The highest BCUT2D eigenvalue weighted by molar-refractivity contribution is 5.67. The molecule has 0 fully saturated rings. The van der Waals surface area contributed by atoms with Crippen LogP contribution < -0.4 is 0 Å². The molecule has 0 atom stereocenters. The zero-order valence-electron chi connectivity index (χ0n) is 12.4. The highest BCUT2D eigenvalue weighted by Gasteiger charge is 2.08. The van der Waals surface area contributed by atoms with Crippen molar-refractivity contribution in [2.75, 3.05) is 0 Å². The topological polar surface area (TPSA) is 85.2 Å². The van der Waals surface area contributed by atoms with Gasteiger partial charge in [0.25, 0.3) is 0 Å². The Morgan fingerprint density at radius 2 is 1.91 bits per heavy atom. The van der Waals surface area contributed by atoms with Gasteiger partial charge in [0.2, 0.25) is 5.82 Å². The molecular weight excluding hydrogens is 290 g/mol. The summed E-state index contributed by atoms with van der Waals surface area (Å²) in [6.07, 6.45) is 7.25. The number of nitrogens with one attached hydrogen (secondary N) is 1. The first-order valence-electron chi connectivity index (χ1n) is 7.10. The maximum Gasteiger partial charge on any atom is 0.204 e. The second-order valence-corrected chi connectivity index (χ2v) is 5.14. The number of nitrogens with zero attached hydrogens (tertiary/aromatic N) is 6. The zero-order valence-corrected chi connectivity index (χ0v) is 12.4. The normalized spacial score (nSPS) is 10.8. The number of aryl methyl sites for hydroxylation is 1. The molecule has 0 aliphatic carbocycles. The first kappa shape index (κ1) is 13.3. The fraction of sp³-hybridized carbons (Fsp3) is 0.0625. The molecule has 7 nitrogen and oxygen atoms in total. The first-order chi connectivity index (χ1) is 11.3. The highest BCUT2D eigenvalue weighted by Crippen LogP contribution is 2.25. The van der Waals surface area contributed by atoms with E-state index in [9.17, 15) is 0 Å². The van der Waals surface area contributed by atoms with Crippen molar-refractivity contribution < 1.29 is 0 Å². The fourth-order valence-corrected chi connectivity index (χ4v) is 2.48. The second-order valence-electron chi connectivity index (χ2n) is 5.14. The summed E-state index contributed by atoms with van der Waals surface area (Å²) in [6, 6.07) is 10.0. The SMILES string of the molecule is Cc1cc(-n2ccnc2)cnc1-c1ccc(-c2nn[nH]n2)cc1. The minimum absolute atomic E-state index is 0.580. The van der Waals surface area contributed by atoms with Crippen LogP contribution >= 0.6 is 0 Å². The van der Waals surface area contributed by atoms with Crippen LogP contribution in [0.1, 0.15) is 5.56 Å². The third-order valence-corrected chi connectivity index (χ3v) is 3.63. The predicted molar refractivity (Wildman–Crippen MR) is 84.7 cm³/mol. The van der Waals surface area contributed by atoms with E-state index in [0.717, 1.165) is 28.1 Å². The molecule has 0 spiro atoms. The summed E-state index contributed by atoms with van der Waals surface area (Å²) < 4.78 is 1.93. The van der Waals surface area contributed by atoms with Crippen LogP contribution in [-0.4, -0.2) is 35.2 Å². The average Bonchev–Trinajstić information content (AvgIpc) is 3.29. The number of aromatic amines is 1. The number of tetrazole rings is 1. The van der Waals surface area contributed by atoms with Gasteiger partial charge in [0.1, 0.15) is 0 Å². The number of pyridine rings is 1. The van der Waals surface area contributed by atoms with Gasteiger partial charge in [0.05, 0.1) is 23.9 Å². The maximum absolute atomic E-state index is 4.60. The van der Waals surface area contributed by atoms with Gasteiger partial charge in [-0.2, -0.15) is 5.21 Å². The number of hydrogen-bond acceptors (Lipinski definition) is 5. The van der Waals surface area contributed by atoms with Crippen LogP contribution in [0, 0.1) is 6.92 Å². The Labute approximate surface area is 132 Å². The summed E-state index contributed by atoms with van der Waals surface area (Å²) in [5.41, 5.74) is 5.01. The van der Waals surface area contributed by atoms with Crippen molar-refractivity contribution >= 4 is 0 Å². The number of benzene rings is 1. The molecular formula is C16H13N7. The number of imidazole rings is 1. The van der Waals surface area contributed by atoms with Crippen molar-refractivity contribution in [3.8, 4) is 28.3 Å². The van der Waals surface area contributed by atoms with Crippen LogP contribution in [0.4, 0.5) is 0 Å². The lowest BCUT2D eigenvalue weighted by Gasteiger charge is -2.08. The molecule has 3 heterocycles. The zero-order chi connectivity index (χ0) is 15.6. The number of H-pyrrole nitrogens is 1.